The average Bonchev–Trinajstić information content (AvgIpc) is 2.55. The number of hydrogen-bond donors (Lipinski definition) is 0. The summed E-state index contributed by atoms with van der Waals surface area (Å²) in [6, 6.07) is 8.60. The van der Waals surface area contributed by atoms with E-state index in [1.807, 2.05) is 11.8 Å². The van der Waals surface area contributed by atoms with E-state index >= 15 is 0 Å². The van der Waals surface area contributed by atoms with Gasteiger partial charge in [0.05, 0.1) is 10.7 Å². The summed E-state index contributed by atoms with van der Waals surface area (Å²) >= 11 is 1.88. The third-order valence-corrected chi connectivity index (χ3v) is 3.49. The molecule has 0 N–H and O–H groups in total. The van der Waals surface area contributed by atoms with Gasteiger partial charge in [-0.3, -0.25) is 0 Å². The van der Waals surface area contributed by atoms with Gasteiger partial charge in [0.15, 0.2) is 0 Å². The van der Waals surface area contributed by atoms with E-state index in [4.69, 9.17) is 0 Å². The number of thioether (sulfide) groups is 1. The van der Waals surface area contributed by atoms with Crippen LogP contribution in [-0.4, -0.2) is 6.54 Å². The van der Waals surface area contributed by atoms with Gasteiger partial charge in [-0.25, -0.2) is 0 Å². The van der Waals surface area contributed by atoms with Gasteiger partial charge in [-0.2, -0.15) is 0 Å². The van der Waals surface area contributed by atoms with Gasteiger partial charge in [0.25, 0.3) is 0 Å². The fourth-order valence-corrected chi connectivity index (χ4v) is 2.95. The zero-order valence-corrected chi connectivity index (χ0v) is 9.47. The molecule has 1 aromatic carbocycles. The van der Waals surface area contributed by atoms with E-state index in [0.29, 0.717) is 0 Å². The van der Waals surface area contributed by atoms with E-state index in [0.717, 1.165) is 13.0 Å². The van der Waals surface area contributed by atoms with E-state index in [-0.39, 0.29) is 0 Å². The Hall–Kier alpha value is -0.890. The second-order valence-corrected chi connectivity index (χ2v) is 4.33. The van der Waals surface area contributed by atoms with Gasteiger partial charge in [0, 0.05) is 11.4 Å². The number of fused-ring (bicyclic) bond motifs is 1. The topological polar surface area (TPSA) is 3.24 Å². The van der Waals surface area contributed by atoms with Gasteiger partial charge in [-0.15, -0.1) is 0 Å². The first-order valence-electron chi connectivity index (χ1n) is 5.11. The van der Waals surface area contributed by atoms with Gasteiger partial charge in [-0.1, -0.05) is 36.9 Å². The standard InChI is InChI=1S/C12H15NS/c1-3-7-12-13(4-2)10-8-5-6-9-11(10)14-12/h5-9H,3-4H2,1-2H3. The minimum Gasteiger partial charge on any atom is -0.336 e. The molecule has 0 radical (unpaired) electrons. The predicted molar refractivity (Wildman–Crippen MR) is 63.7 cm³/mol. The van der Waals surface area contributed by atoms with Crippen LogP contribution in [-0.2, 0) is 0 Å². The molecule has 0 saturated carbocycles. The minimum absolute atomic E-state index is 1.05. The first kappa shape index (κ1) is 9.66. The molecule has 2 rings (SSSR count). The number of hydrogen-bond acceptors (Lipinski definition) is 2. The van der Waals surface area contributed by atoms with Crippen LogP contribution in [0.3, 0.4) is 0 Å². The molecule has 0 saturated heterocycles. The number of rotatable bonds is 2. The Labute approximate surface area is 89.8 Å². The summed E-state index contributed by atoms with van der Waals surface area (Å²) in [5, 5.41) is 1.39. The van der Waals surface area contributed by atoms with Crippen molar-refractivity contribution >= 4 is 17.4 Å². The predicted octanol–water partition coefficient (Wildman–Crippen LogP) is 3.87. The monoisotopic (exact) mass is 205 g/mol. The first-order valence-corrected chi connectivity index (χ1v) is 5.93. The summed E-state index contributed by atoms with van der Waals surface area (Å²) in [6.07, 6.45) is 3.40. The zero-order valence-electron chi connectivity index (χ0n) is 8.66. The molecule has 1 nitrogen and oxygen atoms in total. The van der Waals surface area contributed by atoms with Gasteiger partial charge in [0.2, 0.25) is 0 Å². The highest BCUT2D eigenvalue weighted by molar-refractivity contribution is 8.03. The molecule has 1 aromatic rings. The zero-order chi connectivity index (χ0) is 9.97. The molecule has 0 aliphatic carbocycles. The maximum atomic E-state index is 2.38. The molecule has 0 spiro atoms. The van der Waals surface area contributed by atoms with E-state index in [2.05, 4.69) is 49.1 Å². The number of para-hydroxylation sites is 1. The van der Waals surface area contributed by atoms with Crippen LogP contribution in [0, 0.1) is 0 Å². The van der Waals surface area contributed by atoms with Crippen molar-refractivity contribution in [1.29, 1.82) is 0 Å². The highest BCUT2D eigenvalue weighted by Gasteiger charge is 2.22. The molecule has 2 heteroatoms. The Morgan fingerprint density at radius 2 is 2.07 bits per heavy atom. The molecular formula is C12H15NS. The number of anilines is 1. The highest BCUT2D eigenvalue weighted by Crippen LogP contribution is 2.45. The van der Waals surface area contributed by atoms with Crippen LogP contribution in [0.5, 0.6) is 0 Å². The van der Waals surface area contributed by atoms with E-state index in [1.54, 1.807) is 0 Å². The number of nitrogens with zero attached hydrogens (tertiary/aromatic N) is 1. The van der Waals surface area contributed by atoms with Crippen LogP contribution in [0.25, 0.3) is 0 Å². The Bertz CT molecular complexity index is 357. The van der Waals surface area contributed by atoms with Crippen molar-refractivity contribution in [1.82, 2.24) is 0 Å². The molecule has 0 amide bonds. The molecule has 1 aliphatic heterocycles. The quantitative estimate of drug-likeness (QED) is 0.721. The van der Waals surface area contributed by atoms with Gasteiger partial charge >= 0.3 is 0 Å². The molecule has 0 atom stereocenters. The third kappa shape index (κ3) is 1.55. The molecule has 0 fully saturated rings. The Morgan fingerprint density at radius 3 is 2.79 bits per heavy atom. The summed E-state index contributed by atoms with van der Waals surface area (Å²) in [5.74, 6) is 0. The minimum atomic E-state index is 1.05. The van der Waals surface area contributed by atoms with Crippen molar-refractivity contribution in [2.45, 2.75) is 25.2 Å². The third-order valence-electron chi connectivity index (χ3n) is 2.33. The summed E-state index contributed by atoms with van der Waals surface area (Å²) in [6.45, 7) is 5.44. The molecule has 0 bridgehead atoms. The van der Waals surface area contributed by atoms with Crippen LogP contribution >= 0.6 is 11.8 Å². The Kier molecular flexibility index (Phi) is 2.82. The molecular weight excluding hydrogens is 190 g/mol. The van der Waals surface area contributed by atoms with Crippen LogP contribution in [0.15, 0.2) is 40.3 Å². The number of benzene rings is 1. The van der Waals surface area contributed by atoms with Crippen molar-refractivity contribution < 1.29 is 0 Å². The summed E-state index contributed by atoms with van der Waals surface area (Å²) in [5.41, 5.74) is 1.36. The molecule has 1 aliphatic rings. The lowest BCUT2D eigenvalue weighted by Gasteiger charge is -2.17. The summed E-state index contributed by atoms with van der Waals surface area (Å²) in [7, 11) is 0. The normalized spacial score (nSPS) is 17.6. The Morgan fingerprint density at radius 1 is 1.29 bits per heavy atom. The van der Waals surface area contributed by atoms with Crippen LogP contribution in [0.4, 0.5) is 5.69 Å². The van der Waals surface area contributed by atoms with Crippen molar-refractivity contribution in [2.24, 2.45) is 0 Å². The van der Waals surface area contributed by atoms with E-state index < -0.39 is 0 Å². The molecule has 0 aromatic heterocycles. The van der Waals surface area contributed by atoms with Crippen LogP contribution in [0.2, 0.25) is 0 Å². The first-order chi connectivity index (χ1) is 6.86. The van der Waals surface area contributed by atoms with Gasteiger partial charge in [0.1, 0.15) is 0 Å². The lowest BCUT2D eigenvalue weighted by atomic mass is 10.3. The van der Waals surface area contributed by atoms with Crippen molar-refractivity contribution in [3.8, 4) is 0 Å². The van der Waals surface area contributed by atoms with Gasteiger partial charge < -0.3 is 4.90 Å². The summed E-state index contributed by atoms with van der Waals surface area (Å²) in [4.78, 5) is 3.76. The van der Waals surface area contributed by atoms with Crippen molar-refractivity contribution in [3.05, 3.63) is 35.4 Å². The maximum absolute atomic E-state index is 2.38. The lowest BCUT2D eigenvalue weighted by molar-refractivity contribution is 0.992. The fourth-order valence-electron chi connectivity index (χ4n) is 1.71. The molecule has 0 unspecified atom stereocenters. The van der Waals surface area contributed by atoms with Crippen molar-refractivity contribution in [2.75, 3.05) is 11.4 Å². The SMILES string of the molecule is CCC=C1Sc2ccccc2N1CC. The smallest absolute Gasteiger partial charge is 0.0760 e. The second kappa shape index (κ2) is 4.09. The van der Waals surface area contributed by atoms with Crippen molar-refractivity contribution in [3.63, 3.8) is 0 Å². The second-order valence-electron chi connectivity index (χ2n) is 3.26. The van der Waals surface area contributed by atoms with Crippen LogP contribution < -0.4 is 4.90 Å². The molecule has 74 valence electrons. The number of allylic oxidation sites excluding steroid dienone is 1. The average molecular weight is 205 g/mol. The van der Waals surface area contributed by atoms with Crippen LogP contribution in [0.1, 0.15) is 20.3 Å². The molecule has 1 heterocycles. The molecule has 14 heavy (non-hydrogen) atoms. The Balaban J connectivity index is 2.38. The van der Waals surface area contributed by atoms with E-state index in [1.165, 1.54) is 15.6 Å². The highest BCUT2D eigenvalue weighted by atomic mass is 32.2. The van der Waals surface area contributed by atoms with Gasteiger partial charge in [-0.05, 0) is 25.5 Å². The largest absolute Gasteiger partial charge is 0.336 e. The summed E-state index contributed by atoms with van der Waals surface area (Å²) < 4.78 is 0. The fraction of sp³-hybridized carbons (Fsp3) is 0.333. The lowest BCUT2D eigenvalue weighted by Crippen LogP contribution is -2.16. The maximum Gasteiger partial charge on any atom is 0.0760 e. The van der Waals surface area contributed by atoms with E-state index in [9.17, 15) is 0 Å².